The lowest BCUT2D eigenvalue weighted by Gasteiger charge is -2.29. The molecule has 1 aromatic heterocycles. The van der Waals surface area contributed by atoms with Crippen LogP contribution in [-0.2, 0) is 26.1 Å². The van der Waals surface area contributed by atoms with Crippen LogP contribution < -0.4 is 0 Å². The maximum absolute atomic E-state index is 8.93. The summed E-state index contributed by atoms with van der Waals surface area (Å²) in [5.74, 6) is 0. The summed E-state index contributed by atoms with van der Waals surface area (Å²) in [5, 5.41) is 8.93. The fourth-order valence-corrected chi connectivity index (χ4v) is 3.61. The van der Waals surface area contributed by atoms with Crippen molar-refractivity contribution in [3.8, 4) is 6.07 Å². The molecule has 2 aromatic carbocycles. The van der Waals surface area contributed by atoms with Crippen molar-refractivity contribution in [2.75, 3.05) is 6.54 Å². The number of rotatable bonds is 4. The molecule has 0 atom stereocenters. The third-order valence-electron chi connectivity index (χ3n) is 5.07. The van der Waals surface area contributed by atoms with Gasteiger partial charge in [-0.1, -0.05) is 49.7 Å². The molecule has 0 radical (unpaired) electrons. The number of hydrogen-bond donors (Lipinski definition) is 0. The smallest absolute Gasteiger partial charge is 0.0991 e. The van der Waals surface area contributed by atoms with Gasteiger partial charge >= 0.3 is 0 Å². The second kappa shape index (κ2) is 9.34. The van der Waals surface area contributed by atoms with E-state index in [0.29, 0.717) is 5.56 Å². The molecule has 3 aromatic rings. The van der Waals surface area contributed by atoms with Crippen molar-refractivity contribution in [3.63, 3.8) is 0 Å². The lowest BCUT2D eigenvalue weighted by atomic mass is 9.98. The Labute approximate surface area is 168 Å². The highest BCUT2D eigenvalue weighted by Gasteiger charge is 2.17. The third-order valence-corrected chi connectivity index (χ3v) is 5.07. The molecule has 0 aliphatic carbocycles. The lowest BCUT2D eigenvalue weighted by Crippen LogP contribution is -2.30. The first-order valence-corrected chi connectivity index (χ1v) is 10.00. The zero-order valence-electron chi connectivity index (χ0n) is 17.0. The van der Waals surface area contributed by atoms with Gasteiger partial charge in [-0.2, -0.15) is 5.26 Å². The van der Waals surface area contributed by atoms with E-state index in [2.05, 4.69) is 45.6 Å². The summed E-state index contributed by atoms with van der Waals surface area (Å²) in [6, 6.07) is 16.7. The second-order valence-electron chi connectivity index (χ2n) is 7.05. The van der Waals surface area contributed by atoms with Gasteiger partial charge in [-0.3, -0.25) is 4.90 Å². The number of imidazole rings is 1. The van der Waals surface area contributed by atoms with Gasteiger partial charge in [0.25, 0.3) is 0 Å². The van der Waals surface area contributed by atoms with Crippen LogP contribution in [0.2, 0.25) is 0 Å². The summed E-state index contributed by atoms with van der Waals surface area (Å²) in [6.07, 6.45) is 4.98. The molecule has 0 unspecified atom stereocenters. The molecule has 0 saturated carbocycles. The lowest BCUT2D eigenvalue weighted by molar-refractivity contribution is 0.239. The van der Waals surface area contributed by atoms with Gasteiger partial charge in [-0.05, 0) is 42.2 Å². The zero-order chi connectivity index (χ0) is 19.9. The maximum atomic E-state index is 8.93. The molecular formula is C24H28N4. The summed E-state index contributed by atoms with van der Waals surface area (Å²) in [6.45, 7) is 9.93. The predicted octanol–water partition coefficient (Wildman–Crippen LogP) is 4.70. The largest absolute Gasteiger partial charge is 0.329 e. The van der Waals surface area contributed by atoms with E-state index in [0.717, 1.165) is 32.6 Å². The number of hydrogen-bond acceptors (Lipinski definition) is 3. The summed E-state index contributed by atoms with van der Waals surface area (Å²) in [7, 11) is 0. The Morgan fingerprint density at radius 2 is 1.82 bits per heavy atom. The van der Waals surface area contributed by atoms with Gasteiger partial charge in [0.1, 0.15) is 0 Å². The topological polar surface area (TPSA) is 44.9 Å². The van der Waals surface area contributed by atoms with E-state index < -0.39 is 0 Å². The molecule has 0 fully saturated rings. The van der Waals surface area contributed by atoms with Crippen LogP contribution >= 0.6 is 0 Å². The number of fused-ring (bicyclic) bond motifs is 1. The Hall–Kier alpha value is -2.90. The summed E-state index contributed by atoms with van der Waals surface area (Å²) in [5.41, 5.74) is 7.37. The van der Waals surface area contributed by atoms with Gasteiger partial charge in [-0.25, -0.2) is 4.98 Å². The van der Waals surface area contributed by atoms with Gasteiger partial charge in [0.05, 0.1) is 23.7 Å². The van der Waals surface area contributed by atoms with Crippen LogP contribution in [0.25, 0.3) is 0 Å². The van der Waals surface area contributed by atoms with Crippen molar-refractivity contribution in [2.24, 2.45) is 0 Å². The minimum atomic E-state index is 0.696. The SMILES string of the molecule is CC.Cc1ccc2c(c1)CN(Cc1cncn1Cc1ccc(C#N)cc1)CC2. The van der Waals surface area contributed by atoms with Crippen molar-refractivity contribution in [3.05, 3.63) is 88.5 Å². The highest BCUT2D eigenvalue weighted by Crippen LogP contribution is 2.22. The molecule has 0 spiro atoms. The van der Waals surface area contributed by atoms with E-state index in [1.54, 1.807) is 0 Å². The average Bonchev–Trinajstić information content (AvgIpc) is 3.16. The minimum Gasteiger partial charge on any atom is -0.329 e. The molecule has 4 heteroatoms. The van der Waals surface area contributed by atoms with Crippen molar-refractivity contribution in [2.45, 2.75) is 46.8 Å². The van der Waals surface area contributed by atoms with Crippen LogP contribution in [0, 0.1) is 18.3 Å². The molecule has 0 amide bonds. The van der Waals surface area contributed by atoms with E-state index in [1.165, 1.54) is 27.9 Å². The molecule has 1 aliphatic rings. The average molecular weight is 373 g/mol. The third kappa shape index (κ3) is 4.68. The van der Waals surface area contributed by atoms with Crippen molar-refractivity contribution in [1.82, 2.24) is 14.5 Å². The first-order valence-electron chi connectivity index (χ1n) is 10.00. The van der Waals surface area contributed by atoms with Gasteiger partial charge < -0.3 is 4.57 Å². The minimum absolute atomic E-state index is 0.696. The molecule has 4 rings (SSSR count). The Morgan fingerprint density at radius 1 is 1.04 bits per heavy atom. The monoisotopic (exact) mass is 372 g/mol. The van der Waals surface area contributed by atoms with E-state index in [-0.39, 0.29) is 0 Å². The van der Waals surface area contributed by atoms with E-state index in [1.807, 2.05) is 50.6 Å². The van der Waals surface area contributed by atoms with E-state index in [9.17, 15) is 0 Å². The standard InChI is InChI=1S/C22H22N4.C2H6/c1-17-2-7-20-8-9-25(14-21(20)10-17)15-22-12-24-16-26(22)13-19-5-3-18(11-23)4-6-19;1-2/h2-7,10,12,16H,8-9,13-15H2,1H3;1-2H3. The molecular weight excluding hydrogens is 344 g/mol. The van der Waals surface area contributed by atoms with Crippen LogP contribution in [0.1, 0.15) is 47.4 Å². The van der Waals surface area contributed by atoms with Crippen LogP contribution in [0.4, 0.5) is 0 Å². The highest BCUT2D eigenvalue weighted by atomic mass is 15.2. The summed E-state index contributed by atoms with van der Waals surface area (Å²) < 4.78 is 2.20. The van der Waals surface area contributed by atoms with Gasteiger partial charge in [-0.15, -0.1) is 0 Å². The van der Waals surface area contributed by atoms with Crippen molar-refractivity contribution >= 4 is 0 Å². The summed E-state index contributed by atoms with van der Waals surface area (Å²) in [4.78, 5) is 6.85. The first kappa shape index (κ1) is 19.9. The molecule has 4 nitrogen and oxygen atoms in total. The van der Waals surface area contributed by atoms with E-state index >= 15 is 0 Å². The molecule has 144 valence electrons. The van der Waals surface area contributed by atoms with Crippen molar-refractivity contribution < 1.29 is 0 Å². The molecule has 0 N–H and O–H groups in total. The van der Waals surface area contributed by atoms with Crippen LogP contribution in [-0.4, -0.2) is 21.0 Å². The summed E-state index contributed by atoms with van der Waals surface area (Å²) >= 11 is 0. The normalized spacial score (nSPS) is 13.2. The van der Waals surface area contributed by atoms with E-state index in [4.69, 9.17) is 5.26 Å². The highest BCUT2D eigenvalue weighted by molar-refractivity contribution is 5.33. The van der Waals surface area contributed by atoms with Crippen LogP contribution in [0.5, 0.6) is 0 Å². The quantitative estimate of drug-likeness (QED) is 0.667. The molecule has 1 aliphatic heterocycles. The number of nitrogens with zero attached hydrogens (tertiary/aromatic N) is 4. The molecule has 0 saturated heterocycles. The fraction of sp³-hybridized carbons (Fsp3) is 0.333. The van der Waals surface area contributed by atoms with Gasteiger partial charge in [0.2, 0.25) is 0 Å². The molecule has 2 heterocycles. The van der Waals surface area contributed by atoms with Gasteiger partial charge in [0.15, 0.2) is 0 Å². The van der Waals surface area contributed by atoms with Crippen LogP contribution in [0.15, 0.2) is 55.0 Å². The zero-order valence-corrected chi connectivity index (χ0v) is 17.0. The molecule has 0 bridgehead atoms. The second-order valence-corrected chi connectivity index (χ2v) is 7.05. The maximum Gasteiger partial charge on any atom is 0.0991 e. The predicted molar refractivity (Wildman–Crippen MR) is 113 cm³/mol. The first-order chi connectivity index (χ1) is 13.7. The number of benzene rings is 2. The number of aryl methyl sites for hydroxylation is 1. The van der Waals surface area contributed by atoms with Crippen molar-refractivity contribution in [1.29, 1.82) is 5.26 Å². The molecule has 28 heavy (non-hydrogen) atoms. The Bertz CT molecular complexity index is 947. The fourth-order valence-electron chi connectivity index (χ4n) is 3.61. The number of aromatic nitrogens is 2. The Kier molecular flexibility index (Phi) is 6.62. The van der Waals surface area contributed by atoms with Crippen LogP contribution in [0.3, 0.4) is 0 Å². The Balaban J connectivity index is 0.00000109. The Morgan fingerprint density at radius 3 is 2.57 bits per heavy atom. The number of nitriles is 1. The van der Waals surface area contributed by atoms with Gasteiger partial charge in [0, 0.05) is 32.4 Å².